The Balaban J connectivity index is 1.64. The lowest BCUT2D eigenvalue weighted by atomic mass is 10.0. The van der Waals surface area contributed by atoms with Gasteiger partial charge in [-0.05, 0) is 34.4 Å². The molecule has 0 fully saturated rings. The number of benzene rings is 4. The molecule has 0 aliphatic rings. The van der Waals surface area contributed by atoms with Crippen molar-refractivity contribution in [1.82, 2.24) is 10.0 Å². The van der Waals surface area contributed by atoms with Crippen molar-refractivity contribution in [3.8, 4) is 23.1 Å². The summed E-state index contributed by atoms with van der Waals surface area (Å²) < 4.78 is 71.5. The van der Waals surface area contributed by atoms with E-state index in [1.165, 1.54) is 36.5 Å². The number of hydrogen-bond donors (Lipinski definition) is 2. The van der Waals surface area contributed by atoms with Crippen LogP contribution < -0.4 is 14.8 Å². The molecule has 40 heavy (non-hydrogen) atoms. The molecule has 4 rings (SSSR count). The molecule has 4 aromatic carbocycles. The van der Waals surface area contributed by atoms with Crippen LogP contribution in [0.4, 0.5) is 13.2 Å². The normalized spacial score (nSPS) is 11.3. The largest absolute Gasteiger partial charge is 0.573 e. The van der Waals surface area contributed by atoms with Crippen LogP contribution in [0.3, 0.4) is 0 Å². The van der Waals surface area contributed by atoms with Crippen molar-refractivity contribution in [3.63, 3.8) is 0 Å². The van der Waals surface area contributed by atoms with E-state index in [0.29, 0.717) is 16.7 Å². The van der Waals surface area contributed by atoms with Crippen LogP contribution in [0.5, 0.6) is 5.75 Å². The van der Waals surface area contributed by atoms with Gasteiger partial charge in [-0.1, -0.05) is 84.9 Å². The molecule has 0 radical (unpaired) electrons. The van der Waals surface area contributed by atoms with Crippen molar-refractivity contribution in [2.75, 3.05) is 0 Å². The first-order valence-corrected chi connectivity index (χ1v) is 13.3. The first kappa shape index (κ1) is 28.2. The van der Waals surface area contributed by atoms with Gasteiger partial charge >= 0.3 is 6.36 Å². The minimum Gasteiger partial charge on any atom is -0.405 e. The summed E-state index contributed by atoms with van der Waals surface area (Å²) in [5.74, 6) is -1.46. The number of carbonyl (C=O) groups excluding carboxylic acids is 1. The summed E-state index contributed by atoms with van der Waals surface area (Å²) in [6, 6.07) is 25.9. The average Bonchev–Trinajstić information content (AvgIpc) is 2.93. The van der Waals surface area contributed by atoms with Gasteiger partial charge in [-0.2, -0.15) is 5.26 Å². The van der Waals surface area contributed by atoms with Crippen LogP contribution >= 0.6 is 0 Å². The molecule has 0 saturated carbocycles. The molecule has 0 aromatic heterocycles. The Hall–Kier alpha value is -4.82. The van der Waals surface area contributed by atoms with Crippen LogP contribution in [0.2, 0.25) is 0 Å². The topological polar surface area (TPSA) is 108 Å². The van der Waals surface area contributed by atoms with E-state index in [9.17, 15) is 26.4 Å². The highest BCUT2D eigenvalue weighted by molar-refractivity contribution is 7.89. The van der Waals surface area contributed by atoms with Gasteiger partial charge < -0.3 is 10.1 Å². The van der Waals surface area contributed by atoms with Crippen molar-refractivity contribution in [2.45, 2.75) is 24.2 Å². The molecule has 0 atom stereocenters. The van der Waals surface area contributed by atoms with E-state index in [2.05, 4.69) is 10.1 Å². The Morgan fingerprint density at radius 1 is 0.875 bits per heavy atom. The number of nitriles is 1. The predicted molar refractivity (Wildman–Crippen MR) is 141 cm³/mol. The summed E-state index contributed by atoms with van der Waals surface area (Å²) >= 11 is 0. The number of alkyl halides is 3. The molecule has 0 unspecified atom stereocenters. The highest BCUT2D eigenvalue weighted by atomic mass is 32.2. The van der Waals surface area contributed by atoms with Gasteiger partial charge in [-0.25, -0.2) is 13.1 Å². The van der Waals surface area contributed by atoms with Crippen molar-refractivity contribution < 1.29 is 31.1 Å². The summed E-state index contributed by atoms with van der Waals surface area (Å²) in [4.78, 5) is 12.9. The van der Waals surface area contributed by atoms with Gasteiger partial charge in [0.15, 0.2) is 6.19 Å². The number of para-hydroxylation sites is 1. The number of hydrogen-bond acceptors (Lipinski definition) is 5. The van der Waals surface area contributed by atoms with Gasteiger partial charge in [0.1, 0.15) is 5.75 Å². The summed E-state index contributed by atoms with van der Waals surface area (Å²) in [7, 11) is -4.23. The van der Waals surface area contributed by atoms with Crippen molar-refractivity contribution in [1.29, 1.82) is 5.26 Å². The Morgan fingerprint density at radius 3 is 2.20 bits per heavy atom. The number of halogens is 3. The summed E-state index contributed by atoms with van der Waals surface area (Å²) in [5, 5.41) is 11.5. The van der Waals surface area contributed by atoms with Crippen LogP contribution in [0.1, 0.15) is 27.0 Å². The van der Waals surface area contributed by atoms with Crippen LogP contribution in [-0.4, -0.2) is 20.7 Å². The molecule has 0 aliphatic carbocycles. The molecule has 1 amide bonds. The zero-order valence-electron chi connectivity index (χ0n) is 20.8. The van der Waals surface area contributed by atoms with Crippen molar-refractivity contribution in [3.05, 3.63) is 119 Å². The lowest BCUT2D eigenvalue weighted by Gasteiger charge is -2.17. The predicted octanol–water partition coefficient (Wildman–Crippen LogP) is 5.53. The molecule has 0 saturated heterocycles. The zero-order valence-corrected chi connectivity index (χ0v) is 21.6. The molecule has 0 spiro atoms. The first-order valence-electron chi connectivity index (χ1n) is 11.9. The van der Waals surface area contributed by atoms with E-state index in [0.717, 1.165) is 5.56 Å². The Labute approximate surface area is 228 Å². The molecule has 204 valence electrons. The second-order valence-electron chi connectivity index (χ2n) is 8.60. The Morgan fingerprint density at radius 2 is 1.55 bits per heavy atom. The van der Waals surface area contributed by atoms with Gasteiger partial charge in [0, 0.05) is 18.5 Å². The maximum absolute atomic E-state index is 13.3. The highest BCUT2D eigenvalue weighted by Gasteiger charge is 2.34. The summed E-state index contributed by atoms with van der Waals surface area (Å²) in [6.45, 7) is -0.211. The van der Waals surface area contributed by atoms with Crippen LogP contribution in [0, 0.1) is 11.5 Å². The number of rotatable bonds is 9. The molecule has 7 nitrogen and oxygen atoms in total. The smallest absolute Gasteiger partial charge is 0.405 e. The number of amides is 1. The third kappa shape index (κ3) is 6.98. The number of ether oxygens (including phenoxy) is 1. The average molecular weight is 566 g/mol. The number of carbonyl (C=O) groups is 1. The Kier molecular flexibility index (Phi) is 8.40. The third-order valence-corrected chi connectivity index (χ3v) is 7.13. The van der Waals surface area contributed by atoms with Crippen molar-refractivity contribution in [2.24, 2.45) is 0 Å². The number of nitrogens with one attached hydrogen (secondary N) is 2. The second kappa shape index (κ2) is 11.9. The maximum Gasteiger partial charge on any atom is 0.573 e. The minimum absolute atomic E-state index is 0.0986. The van der Waals surface area contributed by atoms with E-state index in [1.807, 2.05) is 0 Å². The lowest BCUT2D eigenvalue weighted by Crippen LogP contribution is -2.26. The molecule has 0 bridgehead atoms. The Bertz CT molecular complexity index is 1650. The van der Waals surface area contributed by atoms with E-state index in [1.54, 1.807) is 71.5 Å². The summed E-state index contributed by atoms with van der Waals surface area (Å²) in [6.07, 6.45) is -3.53. The van der Waals surface area contributed by atoms with Gasteiger partial charge in [0.25, 0.3) is 15.9 Å². The monoisotopic (exact) mass is 565 g/mol. The molecule has 11 heteroatoms. The zero-order chi connectivity index (χ0) is 28.8. The van der Waals surface area contributed by atoms with Crippen LogP contribution in [-0.2, 0) is 23.0 Å². The molecule has 0 heterocycles. The lowest BCUT2D eigenvalue weighted by molar-refractivity contribution is -0.275. The number of sulfonamides is 1. The number of nitrogens with zero attached hydrogens (tertiary/aromatic N) is 1. The molecule has 0 aliphatic heterocycles. The minimum atomic E-state index is -5.04. The van der Waals surface area contributed by atoms with E-state index < -0.39 is 28.0 Å². The third-order valence-electron chi connectivity index (χ3n) is 5.85. The molecular formula is C29H22F3N3O4S. The first-order chi connectivity index (χ1) is 19.1. The quantitative estimate of drug-likeness (QED) is 0.205. The molecule has 2 N–H and O–H groups in total. The SMILES string of the molecule is N#CNS(=O)(=O)c1cc(CNC(=O)c2cccc(Cc3ccccc3)c2OC(F)(F)F)ccc1-c1ccccc1. The van der Waals surface area contributed by atoms with E-state index >= 15 is 0 Å². The second-order valence-corrected chi connectivity index (χ2v) is 10.3. The van der Waals surface area contributed by atoms with Gasteiger partial charge in [-0.3, -0.25) is 4.79 Å². The fourth-order valence-corrected chi connectivity index (χ4v) is 5.11. The van der Waals surface area contributed by atoms with E-state index in [4.69, 9.17) is 5.26 Å². The molecule has 4 aromatic rings. The van der Waals surface area contributed by atoms with Crippen LogP contribution in [0.15, 0.2) is 102 Å². The fraction of sp³-hybridized carbons (Fsp3) is 0.103. The highest BCUT2D eigenvalue weighted by Crippen LogP contribution is 2.32. The van der Waals surface area contributed by atoms with Gasteiger partial charge in [-0.15, -0.1) is 13.2 Å². The molecular weight excluding hydrogens is 543 g/mol. The summed E-state index contributed by atoms with van der Waals surface area (Å²) in [5.41, 5.74) is 1.81. The van der Waals surface area contributed by atoms with Crippen LogP contribution in [0.25, 0.3) is 11.1 Å². The van der Waals surface area contributed by atoms with Gasteiger partial charge in [0.05, 0.1) is 10.5 Å². The standard InChI is InChI=1S/C29H22F3N3O4S/c30-29(31,32)39-27-23(16-20-8-3-1-4-9-20)12-7-13-25(27)28(36)34-18-21-14-15-24(22-10-5-2-6-11-22)26(17-21)40(37,38)35-19-33/h1-15,17,35H,16,18H2,(H,34,36). The van der Waals surface area contributed by atoms with Gasteiger partial charge in [0.2, 0.25) is 0 Å². The van der Waals surface area contributed by atoms with Crippen molar-refractivity contribution >= 4 is 15.9 Å². The van der Waals surface area contributed by atoms with E-state index in [-0.39, 0.29) is 29.0 Å². The maximum atomic E-state index is 13.3. The fourth-order valence-electron chi connectivity index (χ4n) is 4.10.